The van der Waals surface area contributed by atoms with Crippen LogP contribution in [0.25, 0.3) is 0 Å². The SMILES string of the molecule is Cc1ccc(S(=O)(=O)N2CCCCC2)cc1C(=O)OCC(=O)NC(=O)c1ccccc1. The number of esters is 1. The Kier molecular flexibility index (Phi) is 7.19. The quantitative estimate of drug-likeness (QED) is 0.685. The molecule has 31 heavy (non-hydrogen) atoms. The fraction of sp³-hybridized carbons (Fsp3) is 0.318. The first-order valence-corrected chi connectivity index (χ1v) is 11.4. The third-order valence-electron chi connectivity index (χ3n) is 5.01. The molecule has 2 aromatic rings. The van der Waals surface area contributed by atoms with Crippen LogP contribution in [0.3, 0.4) is 0 Å². The summed E-state index contributed by atoms with van der Waals surface area (Å²) in [5.74, 6) is -2.22. The maximum Gasteiger partial charge on any atom is 0.338 e. The monoisotopic (exact) mass is 444 g/mol. The lowest BCUT2D eigenvalue weighted by atomic mass is 10.1. The average Bonchev–Trinajstić information content (AvgIpc) is 2.78. The Morgan fingerprint density at radius 2 is 1.68 bits per heavy atom. The molecular formula is C22H24N2O6S. The average molecular weight is 445 g/mol. The van der Waals surface area contributed by atoms with E-state index in [1.807, 2.05) is 0 Å². The molecule has 2 amide bonds. The van der Waals surface area contributed by atoms with E-state index in [4.69, 9.17) is 4.74 Å². The van der Waals surface area contributed by atoms with Gasteiger partial charge in [0.2, 0.25) is 10.0 Å². The molecule has 1 aliphatic heterocycles. The minimum atomic E-state index is -3.71. The first-order valence-electron chi connectivity index (χ1n) is 9.96. The second-order valence-electron chi connectivity index (χ2n) is 7.26. The minimum absolute atomic E-state index is 0.00987. The van der Waals surface area contributed by atoms with Crippen LogP contribution in [0.4, 0.5) is 0 Å². The molecule has 2 aromatic carbocycles. The number of benzene rings is 2. The number of imide groups is 1. The second-order valence-corrected chi connectivity index (χ2v) is 9.20. The highest BCUT2D eigenvalue weighted by molar-refractivity contribution is 7.89. The van der Waals surface area contributed by atoms with Crippen LogP contribution in [0.15, 0.2) is 53.4 Å². The van der Waals surface area contributed by atoms with Gasteiger partial charge in [-0.3, -0.25) is 14.9 Å². The summed E-state index contributed by atoms with van der Waals surface area (Å²) in [4.78, 5) is 36.4. The van der Waals surface area contributed by atoms with E-state index < -0.39 is 34.4 Å². The van der Waals surface area contributed by atoms with Gasteiger partial charge in [0.05, 0.1) is 10.5 Å². The Balaban J connectivity index is 1.65. The van der Waals surface area contributed by atoms with Crippen molar-refractivity contribution in [3.05, 3.63) is 65.2 Å². The number of piperidine rings is 1. The van der Waals surface area contributed by atoms with Gasteiger partial charge >= 0.3 is 5.97 Å². The Bertz CT molecular complexity index is 1080. The fourth-order valence-electron chi connectivity index (χ4n) is 3.27. The van der Waals surface area contributed by atoms with Crippen molar-refractivity contribution in [2.24, 2.45) is 0 Å². The molecular weight excluding hydrogens is 420 g/mol. The highest BCUT2D eigenvalue weighted by Crippen LogP contribution is 2.23. The minimum Gasteiger partial charge on any atom is -0.452 e. The van der Waals surface area contributed by atoms with Crippen molar-refractivity contribution in [1.29, 1.82) is 0 Å². The molecule has 1 heterocycles. The molecule has 0 bridgehead atoms. The Labute approximate surface area is 181 Å². The topological polar surface area (TPSA) is 110 Å². The van der Waals surface area contributed by atoms with E-state index >= 15 is 0 Å². The van der Waals surface area contributed by atoms with Crippen molar-refractivity contribution >= 4 is 27.8 Å². The largest absolute Gasteiger partial charge is 0.452 e. The first kappa shape index (κ1) is 22.6. The summed E-state index contributed by atoms with van der Waals surface area (Å²) in [7, 11) is -3.71. The molecule has 0 saturated carbocycles. The molecule has 1 fully saturated rings. The number of rotatable bonds is 6. The molecule has 8 nitrogen and oxygen atoms in total. The summed E-state index contributed by atoms with van der Waals surface area (Å²) >= 11 is 0. The highest BCUT2D eigenvalue weighted by atomic mass is 32.2. The van der Waals surface area contributed by atoms with E-state index in [0.717, 1.165) is 19.3 Å². The predicted molar refractivity (Wildman–Crippen MR) is 113 cm³/mol. The van der Waals surface area contributed by atoms with Crippen LogP contribution in [0, 0.1) is 6.92 Å². The van der Waals surface area contributed by atoms with E-state index in [0.29, 0.717) is 24.2 Å². The number of aryl methyl sites for hydroxylation is 1. The van der Waals surface area contributed by atoms with Crippen LogP contribution >= 0.6 is 0 Å². The molecule has 3 rings (SSSR count). The van der Waals surface area contributed by atoms with Gasteiger partial charge in [0.15, 0.2) is 6.61 Å². The normalized spacial score (nSPS) is 14.6. The van der Waals surface area contributed by atoms with Gasteiger partial charge in [0.25, 0.3) is 11.8 Å². The van der Waals surface area contributed by atoms with Gasteiger partial charge in [-0.25, -0.2) is 13.2 Å². The number of sulfonamides is 1. The summed E-state index contributed by atoms with van der Waals surface area (Å²) in [6.07, 6.45) is 2.60. The van der Waals surface area contributed by atoms with Crippen LogP contribution in [0.1, 0.15) is 45.5 Å². The molecule has 1 aliphatic rings. The van der Waals surface area contributed by atoms with Crippen molar-refractivity contribution in [2.75, 3.05) is 19.7 Å². The number of hydrogen-bond donors (Lipinski definition) is 1. The lowest BCUT2D eigenvalue weighted by Crippen LogP contribution is -2.35. The van der Waals surface area contributed by atoms with Crippen molar-refractivity contribution in [3.8, 4) is 0 Å². The number of nitrogens with zero attached hydrogens (tertiary/aromatic N) is 1. The fourth-order valence-corrected chi connectivity index (χ4v) is 4.81. The molecule has 0 aliphatic carbocycles. The van der Waals surface area contributed by atoms with E-state index in [2.05, 4.69) is 5.32 Å². The van der Waals surface area contributed by atoms with Gasteiger partial charge in [-0.2, -0.15) is 4.31 Å². The molecule has 1 saturated heterocycles. The number of carbonyl (C=O) groups is 3. The molecule has 0 atom stereocenters. The molecule has 1 N–H and O–H groups in total. The lowest BCUT2D eigenvalue weighted by Gasteiger charge is -2.26. The molecule has 0 spiro atoms. The zero-order valence-corrected chi connectivity index (χ0v) is 18.0. The smallest absolute Gasteiger partial charge is 0.338 e. The van der Waals surface area contributed by atoms with Gasteiger partial charge in [-0.1, -0.05) is 30.7 Å². The van der Waals surface area contributed by atoms with Crippen LogP contribution < -0.4 is 5.32 Å². The van der Waals surface area contributed by atoms with Crippen LogP contribution in [-0.2, 0) is 19.6 Å². The molecule has 0 unspecified atom stereocenters. The van der Waals surface area contributed by atoms with E-state index in [-0.39, 0.29) is 10.5 Å². The standard InChI is InChI=1S/C22H24N2O6S/c1-16-10-11-18(31(28,29)24-12-6-3-7-13-24)14-19(16)22(27)30-15-20(25)23-21(26)17-8-4-2-5-9-17/h2,4-5,8-11,14H,3,6-7,12-13,15H2,1H3,(H,23,25,26). The van der Waals surface area contributed by atoms with Gasteiger partial charge in [-0.05, 0) is 49.6 Å². The maximum absolute atomic E-state index is 12.9. The number of carbonyl (C=O) groups excluding carboxylic acids is 3. The molecule has 9 heteroatoms. The van der Waals surface area contributed by atoms with Gasteiger partial charge in [0, 0.05) is 18.7 Å². The Morgan fingerprint density at radius 3 is 2.35 bits per heavy atom. The summed E-state index contributed by atoms with van der Waals surface area (Å²) in [6.45, 7) is 1.88. The predicted octanol–water partition coefficient (Wildman–Crippen LogP) is 2.28. The van der Waals surface area contributed by atoms with E-state index in [1.54, 1.807) is 37.3 Å². The Morgan fingerprint density at radius 1 is 1.00 bits per heavy atom. The summed E-state index contributed by atoms with van der Waals surface area (Å²) in [6, 6.07) is 12.4. The molecule has 164 valence electrons. The van der Waals surface area contributed by atoms with Crippen LogP contribution in [0.5, 0.6) is 0 Å². The molecule has 0 radical (unpaired) electrons. The summed E-state index contributed by atoms with van der Waals surface area (Å²) in [5, 5.41) is 2.14. The van der Waals surface area contributed by atoms with Gasteiger partial charge in [-0.15, -0.1) is 0 Å². The number of hydrogen-bond acceptors (Lipinski definition) is 6. The summed E-state index contributed by atoms with van der Waals surface area (Å²) in [5.41, 5.74) is 0.872. The zero-order valence-electron chi connectivity index (χ0n) is 17.2. The van der Waals surface area contributed by atoms with Crippen LogP contribution in [0.2, 0.25) is 0 Å². The number of ether oxygens (including phenoxy) is 1. The zero-order chi connectivity index (χ0) is 22.4. The lowest BCUT2D eigenvalue weighted by molar-refractivity contribution is -0.123. The molecule has 0 aromatic heterocycles. The first-order chi connectivity index (χ1) is 14.8. The third-order valence-corrected chi connectivity index (χ3v) is 6.90. The number of nitrogens with one attached hydrogen (secondary N) is 1. The summed E-state index contributed by atoms with van der Waals surface area (Å²) < 4.78 is 32.2. The Hall–Kier alpha value is -3.04. The van der Waals surface area contributed by atoms with Crippen molar-refractivity contribution in [3.63, 3.8) is 0 Å². The van der Waals surface area contributed by atoms with Crippen molar-refractivity contribution < 1.29 is 27.5 Å². The van der Waals surface area contributed by atoms with Crippen LogP contribution in [-0.4, -0.2) is 50.2 Å². The second kappa shape index (κ2) is 9.84. The van der Waals surface area contributed by atoms with Crippen molar-refractivity contribution in [1.82, 2.24) is 9.62 Å². The maximum atomic E-state index is 12.9. The van der Waals surface area contributed by atoms with Crippen molar-refractivity contribution in [2.45, 2.75) is 31.1 Å². The van der Waals surface area contributed by atoms with Gasteiger partial charge in [0.1, 0.15) is 0 Å². The van der Waals surface area contributed by atoms with E-state index in [9.17, 15) is 22.8 Å². The van der Waals surface area contributed by atoms with E-state index in [1.165, 1.54) is 22.5 Å². The third kappa shape index (κ3) is 5.56. The van der Waals surface area contributed by atoms with Gasteiger partial charge < -0.3 is 4.74 Å². The highest BCUT2D eigenvalue weighted by Gasteiger charge is 2.27. The number of amides is 2.